The number of hydrogen-bond donors (Lipinski definition) is 1. The van der Waals surface area contributed by atoms with Crippen molar-refractivity contribution in [1.82, 2.24) is 19.6 Å². The topological polar surface area (TPSA) is 55.1 Å². The Bertz CT molecular complexity index is 1120. The molecule has 5 nitrogen and oxygen atoms in total. The van der Waals surface area contributed by atoms with Gasteiger partial charge >= 0.3 is 6.18 Å². The third-order valence-electron chi connectivity index (χ3n) is 6.83. The molecule has 0 atom stereocenters. The molecule has 1 aromatic carbocycles. The van der Waals surface area contributed by atoms with E-state index in [9.17, 15) is 13.2 Å². The van der Waals surface area contributed by atoms with E-state index in [0.717, 1.165) is 31.2 Å². The molecule has 3 aliphatic rings. The highest BCUT2D eigenvalue weighted by Crippen LogP contribution is 2.61. The summed E-state index contributed by atoms with van der Waals surface area (Å²) in [5.41, 5.74) is 3.37. The number of nitrogens with one attached hydrogen (secondary N) is 1. The maximum absolute atomic E-state index is 13.3. The van der Waals surface area contributed by atoms with Gasteiger partial charge in [-0.25, -0.2) is 4.98 Å². The molecule has 0 radical (unpaired) electrons. The van der Waals surface area contributed by atoms with Crippen LogP contribution in [-0.4, -0.2) is 31.8 Å². The highest BCUT2D eigenvalue weighted by Gasteiger charge is 2.53. The minimum Gasteiger partial charge on any atom is -0.351 e. The Labute approximate surface area is 171 Å². The second-order valence-corrected chi connectivity index (χ2v) is 9.25. The molecule has 1 spiro atoms. The van der Waals surface area contributed by atoms with Crippen molar-refractivity contribution >= 4 is 11.5 Å². The highest BCUT2D eigenvalue weighted by molar-refractivity contribution is 5.79. The summed E-state index contributed by atoms with van der Waals surface area (Å²) in [6, 6.07) is 5.76. The molecule has 2 aromatic heterocycles. The van der Waals surface area contributed by atoms with Crippen molar-refractivity contribution in [1.29, 1.82) is 0 Å². The SMILES string of the molecule is FC(F)(F)Cc1cc(C2CC2)ccc1-c1nnc(NC2CC3(CC3)C2)n2cncc12. The summed E-state index contributed by atoms with van der Waals surface area (Å²) in [5, 5.41) is 12.1. The fourth-order valence-corrected chi connectivity index (χ4v) is 4.86. The number of nitrogens with zero attached hydrogens (tertiary/aromatic N) is 4. The first-order valence-electron chi connectivity index (χ1n) is 10.5. The van der Waals surface area contributed by atoms with Crippen molar-refractivity contribution in [3.8, 4) is 11.3 Å². The summed E-state index contributed by atoms with van der Waals surface area (Å²) in [5.74, 6) is 0.981. The first-order valence-corrected chi connectivity index (χ1v) is 10.5. The van der Waals surface area contributed by atoms with Gasteiger partial charge in [-0.1, -0.05) is 18.2 Å². The lowest BCUT2D eigenvalue weighted by Gasteiger charge is -2.36. The summed E-state index contributed by atoms with van der Waals surface area (Å²) >= 11 is 0. The average Bonchev–Trinajstić information content (AvgIpc) is 3.58. The van der Waals surface area contributed by atoms with Crippen molar-refractivity contribution in [3.05, 3.63) is 41.9 Å². The van der Waals surface area contributed by atoms with Crippen LogP contribution in [0.15, 0.2) is 30.7 Å². The largest absolute Gasteiger partial charge is 0.393 e. The van der Waals surface area contributed by atoms with Gasteiger partial charge in [0, 0.05) is 11.6 Å². The molecule has 8 heteroatoms. The third-order valence-corrected chi connectivity index (χ3v) is 6.83. The number of benzene rings is 1. The van der Waals surface area contributed by atoms with Crippen molar-refractivity contribution in [2.24, 2.45) is 5.41 Å². The van der Waals surface area contributed by atoms with E-state index in [1.54, 1.807) is 29.1 Å². The minimum absolute atomic E-state index is 0.250. The highest BCUT2D eigenvalue weighted by atomic mass is 19.4. The summed E-state index contributed by atoms with van der Waals surface area (Å²) in [7, 11) is 0. The second kappa shape index (κ2) is 6.18. The van der Waals surface area contributed by atoms with E-state index in [-0.39, 0.29) is 5.56 Å². The zero-order valence-electron chi connectivity index (χ0n) is 16.4. The summed E-state index contributed by atoms with van der Waals surface area (Å²) in [6.45, 7) is 0. The van der Waals surface area contributed by atoms with Gasteiger partial charge in [-0.15, -0.1) is 10.2 Å². The van der Waals surface area contributed by atoms with Crippen molar-refractivity contribution in [2.75, 3.05) is 5.32 Å². The van der Waals surface area contributed by atoms with E-state index in [2.05, 4.69) is 20.5 Å². The third kappa shape index (κ3) is 3.22. The van der Waals surface area contributed by atoms with Crippen molar-refractivity contribution in [2.45, 2.75) is 63.1 Å². The second-order valence-electron chi connectivity index (χ2n) is 9.25. The van der Waals surface area contributed by atoms with Gasteiger partial charge in [0.2, 0.25) is 5.95 Å². The van der Waals surface area contributed by atoms with Crippen LogP contribution in [0.3, 0.4) is 0 Å². The number of rotatable bonds is 5. The van der Waals surface area contributed by atoms with Crippen LogP contribution in [-0.2, 0) is 6.42 Å². The Balaban J connectivity index is 1.38. The van der Waals surface area contributed by atoms with Gasteiger partial charge in [0.15, 0.2) is 0 Å². The Hall–Kier alpha value is -2.64. The number of aromatic nitrogens is 4. The van der Waals surface area contributed by atoms with Crippen LogP contribution in [0.2, 0.25) is 0 Å². The van der Waals surface area contributed by atoms with E-state index >= 15 is 0 Å². The number of imidazole rings is 1. The van der Waals surface area contributed by atoms with Gasteiger partial charge in [-0.3, -0.25) is 4.40 Å². The Morgan fingerprint density at radius 1 is 1.13 bits per heavy atom. The van der Waals surface area contributed by atoms with Crippen molar-refractivity contribution < 1.29 is 13.2 Å². The molecule has 1 N–H and O–H groups in total. The molecule has 0 saturated heterocycles. The smallest absolute Gasteiger partial charge is 0.351 e. The Morgan fingerprint density at radius 3 is 2.63 bits per heavy atom. The molecule has 3 fully saturated rings. The monoisotopic (exact) mass is 413 g/mol. The van der Waals surface area contributed by atoms with Gasteiger partial charge in [0.1, 0.15) is 12.0 Å². The van der Waals surface area contributed by atoms with Crippen LogP contribution in [0.4, 0.5) is 19.1 Å². The Kier molecular flexibility index (Phi) is 3.74. The van der Waals surface area contributed by atoms with Crippen LogP contribution in [0.1, 0.15) is 55.6 Å². The summed E-state index contributed by atoms with van der Waals surface area (Å²) in [6.07, 6.45) is 5.02. The van der Waals surface area contributed by atoms with Gasteiger partial charge in [0.25, 0.3) is 0 Å². The molecule has 0 aliphatic heterocycles. The van der Waals surface area contributed by atoms with E-state index in [0.29, 0.717) is 40.1 Å². The summed E-state index contributed by atoms with van der Waals surface area (Å²) in [4.78, 5) is 4.22. The fraction of sp³-hybridized carbons (Fsp3) is 0.500. The van der Waals surface area contributed by atoms with E-state index in [4.69, 9.17) is 0 Å². The molecular formula is C22H22F3N5. The predicted octanol–water partition coefficient (Wildman–Crippen LogP) is 5.13. The van der Waals surface area contributed by atoms with E-state index < -0.39 is 12.6 Å². The molecule has 0 amide bonds. The van der Waals surface area contributed by atoms with Crippen LogP contribution in [0.5, 0.6) is 0 Å². The van der Waals surface area contributed by atoms with Crippen LogP contribution < -0.4 is 5.32 Å². The number of halogens is 3. The molecule has 3 aliphatic carbocycles. The number of hydrogen-bond acceptors (Lipinski definition) is 4. The van der Waals surface area contributed by atoms with Crippen LogP contribution >= 0.6 is 0 Å². The minimum atomic E-state index is -4.29. The lowest BCUT2D eigenvalue weighted by atomic mass is 9.77. The maximum Gasteiger partial charge on any atom is 0.393 e. The van der Waals surface area contributed by atoms with Gasteiger partial charge in [-0.2, -0.15) is 13.2 Å². The van der Waals surface area contributed by atoms with E-state index in [1.165, 1.54) is 12.8 Å². The molecular weight excluding hydrogens is 391 g/mol. The molecule has 0 unspecified atom stereocenters. The maximum atomic E-state index is 13.3. The normalized spacial score (nSPS) is 20.5. The lowest BCUT2D eigenvalue weighted by molar-refractivity contribution is -0.127. The zero-order chi connectivity index (χ0) is 20.5. The quantitative estimate of drug-likeness (QED) is 0.630. The predicted molar refractivity (Wildman–Crippen MR) is 106 cm³/mol. The van der Waals surface area contributed by atoms with Crippen LogP contribution in [0.25, 0.3) is 16.8 Å². The molecule has 156 valence electrons. The van der Waals surface area contributed by atoms with Crippen LogP contribution in [0, 0.1) is 5.41 Å². The zero-order valence-corrected chi connectivity index (χ0v) is 16.4. The first kappa shape index (κ1) is 18.2. The molecule has 2 heterocycles. The Morgan fingerprint density at radius 2 is 1.93 bits per heavy atom. The number of alkyl halides is 3. The molecule has 0 bridgehead atoms. The van der Waals surface area contributed by atoms with E-state index in [1.807, 2.05) is 6.07 Å². The molecule has 3 aromatic rings. The van der Waals surface area contributed by atoms with Gasteiger partial charge in [-0.05, 0) is 61.0 Å². The summed E-state index contributed by atoms with van der Waals surface area (Å²) < 4.78 is 41.7. The lowest BCUT2D eigenvalue weighted by Crippen LogP contribution is -2.37. The van der Waals surface area contributed by atoms with Gasteiger partial charge in [0.05, 0.1) is 18.1 Å². The number of anilines is 1. The van der Waals surface area contributed by atoms with Crippen molar-refractivity contribution in [3.63, 3.8) is 0 Å². The van der Waals surface area contributed by atoms with Gasteiger partial charge < -0.3 is 5.32 Å². The molecule has 6 rings (SSSR count). The molecule has 30 heavy (non-hydrogen) atoms. The fourth-order valence-electron chi connectivity index (χ4n) is 4.86. The molecule has 3 saturated carbocycles. The standard InChI is InChI=1S/C22H22F3N5/c23-22(24,25)8-15-7-14(13-1-2-13)3-4-17(15)19-18-11-26-12-30(18)20(29-28-19)27-16-9-21(10-16)5-6-21/h3-4,7,11-13,16H,1-2,5-6,8-10H2,(H,27,29). The average molecular weight is 413 g/mol. The number of fused-ring (bicyclic) bond motifs is 1. The first-order chi connectivity index (χ1) is 14.4.